The lowest BCUT2D eigenvalue weighted by Gasteiger charge is -2.20. The lowest BCUT2D eigenvalue weighted by molar-refractivity contribution is -0.126. The third-order valence-electron chi connectivity index (χ3n) is 4.19. The van der Waals surface area contributed by atoms with Gasteiger partial charge >= 0.3 is 0 Å². The number of carbonyl (C=O) groups is 3. The number of hydrogen-bond donors (Lipinski definition) is 1. The second-order valence-corrected chi connectivity index (χ2v) is 8.06. The molecule has 0 radical (unpaired) electrons. The van der Waals surface area contributed by atoms with Crippen LogP contribution in [0.25, 0.3) is 0 Å². The zero-order chi connectivity index (χ0) is 19.8. The van der Waals surface area contributed by atoms with E-state index in [-0.39, 0.29) is 23.1 Å². The van der Waals surface area contributed by atoms with Gasteiger partial charge in [-0.15, -0.1) is 0 Å². The summed E-state index contributed by atoms with van der Waals surface area (Å²) >= 11 is 3.44. The van der Waals surface area contributed by atoms with Crippen LogP contribution in [0.2, 0.25) is 0 Å². The molecular formula is C20H19BrN2O4. The van der Waals surface area contributed by atoms with Crippen LogP contribution in [0.4, 0.5) is 0 Å². The number of halogens is 1. The number of nitrogens with zero attached hydrogens (tertiary/aromatic N) is 1. The van der Waals surface area contributed by atoms with E-state index >= 15 is 0 Å². The fourth-order valence-corrected chi connectivity index (χ4v) is 3.17. The van der Waals surface area contributed by atoms with E-state index in [9.17, 15) is 14.4 Å². The molecule has 1 aliphatic heterocycles. The molecule has 2 aromatic carbocycles. The van der Waals surface area contributed by atoms with Crippen LogP contribution in [0.3, 0.4) is 0 Å². The molecule has 27 heavy (non-hydrogen) atoms. The minimum absolute atomic E-state index is 0.0100. The summed E-state index contributed by atoms with van der Waals surface area (Å²) in [5.41, 5.74) is 3.95. The van der Waals surface area contributed by atoms with Crippen molar-refractivity contribution in [3.8, 4) is 5.75 Å². The first-order valence-corrected chi connectivity index (χ1v) is 9.18. The molecule has 1 heterocycles. The fraction of sp³-hybridized carbons (Fsp3) is 0.250. The van der Waals surface area contributed by atoms with Gasteiger partial charge in [0.05, 0.1) is 15.6 Å². The second-order valence-electron chi connectivity index (χ2n) is 7.21. The van der Waals surface area contributed by atoms with Crippen molar-refractivity contribution in [3.05, 3.63) is 63.6 Å². The maximum Gasteiger partial charge on any atom is 0.280 e. The summed E-state index contributed by atoms with van der Waals surface area (Å²) in [7, 11) is 0. The van der Waals surface area contributed by atoms with Crippen LogP contribution in [0.5, 0.6) is 5.75 Å². The van der Waals surface area contributed by atoms with Crippen molar-refractivity contribution in [1.29, 1.82) is 0 Å². The van der Waals surface area contributed by atoms with Crippen LogP contribution >= 0.6 is 15.9 Å². The van der Waals surface area contributed by atoms with Crippen LogP contribution in [0, 0.1) is 0 Å². The van der Waals surface area contributed by atoms with E-state index in [1.807, 2.05) is 12.1 Å². The van der Waals surface area contributed by atoms with Gasteiger partial charge in [-0.05, 0) is 51.2 Å². The van der Waals surface area contributed by atoms with Crippen molar-refractivity contribution in [2.45, 2.75) is 26.2 Å². The summed E-state index contributed by atoms with van der Waals surface area (Å²) in [4.78, 5) is 36.6. The molecule has 0 unspecified atom stereocenters. The first-order chi connectivity index (χ1) is 12.7. The molecule has 1 aliphatic rings. The first-order valence-electron chi connectivity index (χ1n) is 8.38. The van der Waals surface area contributed by atoms with E-state index in [1.165, 1.54) is 0 Å². The number of ether oxygens (including phenoxy) is 1. The van der Waals surface area contributed by atoms with Gasteiger partial charge in [0.25, 0.3) is 17.7 Å². The number of hydrogen-bond acceptors (Lipinski definition) is 4. The van der Waals surface area contributed by atoms with Crippen LogP contribution in [-0.2, 0) is 10.2 Å². The maximum absolute atomic E-state index is 12.2. The summed E-state index contributed by atoms with van der Waals surface area (Å²) < 4.78 is 6.24. The summed E-state index contributed by atoms with van der Waals surface area (Å²) in [6.45, 7) is 5.97. The third kappa shape index (κ3) is 3.88. The fourth-order valence-electron chi connectivity index (χ4n) is 2.68. The second kappa shape index (κ2) is 7.15. The predicted octanol–water partition coefficient (Wildman–Crippen LogP) is 3.45. The Morgan fingerprint density at radius 2 is 1.67 bits per heavy atom. The van der Waals surface area contributed by atoms with Crippen LogP contribution in [-0.4, -0.2) is 29.3 Å². The van der Waals surface area contributed by atoms with E-state index in [2.05, 4.69) is 42.1 Å². The molecule has 0 saturated heterocycles. The maximum atomic E-state index is 12.2. The van der Waals surface area contributed by atoms with Crippen molar-refractivity contribution < 1.29 is 19.1 Å². The highest BCUT2D eigenvalue weighted by atomic mass is 79.9. The van der Waals surface area contributed by atoms with E-state index in [1.54, 1.807) is 30.3 Å². The number of rotatable bonds is 4. The van der Waals surface area contributed by atoms with E-state index < -0.39 is 17.7 Å². The van der Waals surface area contributed by atoms with Gasteiger partial charge in [-0.3, -0.25) is 19.8 Å². The van der Waals surface area contributed by atoms with Crippen molar-refractivity contribution in [3.63, 3.8) is 0 Å². The molecule has 3 rings (SSSR count). The number of nitrogens with one attached hydrogen (secondary N) is 1. The summed E-state index contributed by atoms with van der Waals surface area (Å²) in [5, 5.41) is 0.716. The summed E-state index contributed by atoms with van der Waals surface area (Å²) in [6, 6.07) is 12.1. The van der Waals surface area contributed by atoms with Crippen LogP contribution in [0.15, 0.2) is 46.9 Å². The average molecular weight is 431 g/mol. The lowest BCUT2D eigenvalue weighted by atomic mass is 9.87. The third-order valence-corrected chi connectivity index (χ3v) is 4.81. The van der Waals surface area contributed by atoms with Crippen LogP contribution < -0.4 is 10.2 Å². The van der Waals surface area contributed by atoms with Crippen molar-refractivity contribution in [1.82, 2.24) is 10.4 Å². The average Bonchev–Trinajstić information content (AvgIpc) is 2.85. The molecule has 0 spiro atoms. The molecule has 2 aromatic rings. The molecule has 0 aliphatic carbocycles. The van der Waals surface area contributed by atoms with E-state index in [0.717, 1.165) is 10.0 Å². The number of fused-ring (bicyclic) bond motifs is 1. The number of imide groups is 1. The smallest absolute Gasteiger partial charge is 0.280 e. The molecule has 6 nitrogen and oxygen atoms in total. The Kier molecular flexibility index (Phi) is 5.06. The quantitative estimate of drug-likeness (QED) is 0.753. The van der Waals surface area contributed by atoms with E-state index in [4.69, 9.17) is 4.74 Å². The molecule has 0 atom stereocenters. The van der Waals surface area contributed by atoms with Gasteiger partial charge in [-0.1, -0.05) is 39.0 Å². The summed E-state index contributed by atoms with van der Waals surface area (Å²) in [5.74, 6) is -1.21. The number of amides is 3. The van der Waals surface area contributed by atoms with Crippen molar-refractivity contribution >= 4 is 33.7 Å². The molecule has 0 saturated carbocycles. The number of benzene rings is 2. The van der Waals surface area contributed by atoms with Crippen molar-refractivity contribution in [2.24, 2.45) is 0 Å². The normalized spacial score (nSPS) is 13.6. The molecular weight excluding hydrogens is 412 g/mol. The van der Waals surface area contributed by atoms with Gasteiger partial charge in [0, 0.05) is 0 Å². The van der Waals surface area contributed by atoms with Gasteiger partial charge in [-0.25, -0.2) is 0 Å². The standard InChI is InChI=1S/C20H19BrN2O4/c1-20(2,3)12-8-9-16(15(21)10-12)27-11-17(24)22-23-18(25)13-6-4-5-7-14(13)19(23)26/h4-10H,11H2,1-3H3,(H,22,24). The van der Waals surface area contributed by atoms with Gasteiger partial charge in [0.1, 0.15) is 5.75 Å². The minimum Gasteiger partial charge on any atom is -0.483 e. The zero-order valence-electron chi connectivity index (χ0n) is 15.2. The molecule has 140 valence electrons. The lowest BCUT2D eigenvalue weighted by Crippen LogP contribution is -2.47. The summed E-state index contributed by atoms with van der Waals surface area (Å²) in [6.07, 6.45) is 0. The van der Waals surface area contributed by atoms with Crippen molar-refractivity contribution in [2.75, 3.05) is 6.61 Å². The molecule has 0 bridgehead atoms. The highest BCUT2D eigenvalue weighted by Crippen LogP contribution is 2.31. The zero-order valence-corrected chi connectivity index (χ0v) is 16.8. The molecule has 0 aromatic heterocycles. The highest BCUT2D eigenvalue weighted by Gasteiger charge is 2.36. The van der Waals surface area contributed by atoms with Gasteiger partial charge in [0.15, 0.2) is 6.61 Å². The van der Waals surface area contributed by atoms with Gasteiger partial charge < -0.3 is 4.74 Å². The van der Waals surface area contributed by atoms with Gasteiger partial charge in [-0.2, -0.15) is 5.01 Å². The SMILES string of the molecule is CC(C)(C)c1ccc(OCC(=O)NN2C(=O)c3ccccc3C2=O)c(Br)c1. The van der Waals surface area contributed by atoms with Crippen LogP contribution in [0.1, 0.15) is 47.1 Å². The Bertz CT molecular complexity index is 899. The number of carbonyl (C=O) groups excluding carboxylic acids is 3. The minimum atomic E-state index is -0.601. The highest BCUT2D eigenvalue weighted by molar-refractivity contribution is 9.10. The number of hydrazine groups is 1. The largest absolute Gasteiger partial charge is 0.483 e. The Balaban J connectivity index is 1.63. The molecule has 3 amide bonds. The predicted molar refractivity (Wildman–Crippen MR) is 103 cm³/mol. The Morgan fingerprint density at radius 1 is 1.07 bits per heavy atom. The van der Waals surface area contributed by atoms with Gasteiger partial charge in [0.2, 0.25) is 0 Å². The monoisotopic (exact) mass is 430 g/mol. The molecule has 7 heteroatoms. The van der Waals surface area contributed by atoms with E-state index in [0.29, 0.717) is 10.8 Å². The molecule has 1 N–H and O–H groups in total. The Hall–Kier alpha value is -2.67. The molecule has 0 fully saturated rings. The topological polar surface area (TPSA) is 75.7 Å². The first kappa shape index (κ1) is 19.1. The Morgan fingerprint density at radius 3 is 2.19 bits per heavy atom. The Labute approximate surface area is 165 Å².